The molecule has 0 saturated heterocycles. The molecule has 0 atom stereocenters. The summed E-state index contributed by atoms with van der Waals surface area (Å²) in [5, 5.41) is 14.0. The van der Waals surface area contributed by atoms with E-state index in [0.29, 0.717) is 0 Å². The molecule has 3 heterocycles. The Balaban J connectivity index is 0.000000313. The van der Waals surface area contributed by atoms with Crippen LogP contribution < -0.4 is 0 Å². The Morgan fingerprint density at radius 2 is 1.76 bits per heavy atom. The van der Waals surface area contributed by atoms with Crippen LogP contribution in [0.1, 0.15) is 19.4 Å². The second-order valence-electron chi connectivity index (χ2n) is 8.79. The van der Waals surface area contributed by atoms with Crippen molar-refractivity contribution in [3.63, 3.8) is 0 Å². The van der Waals surface area contributed by atoms with Crippen molar-refractivity contribution in [3.8, 4) is 11.3 Å². The number of furan rings is 1. The number of aromatic nitrogens is 1. The molecule has 1 aliphatic heterocycles. The van der Waals surface area contributed by atoms with Gasteiger partial charge in [-0.2, -0.15) is 0 Å². The molecule has 1 N–H and O–H groups in total. The molecule has 0 amide bonds. The van der Waals surface area contributed by atoms with Gasteiger partial charge < -0.3 is 9.52 Å². The van der Waals surface area contributed by atoms with Crippen molar-refractivity contribution < 1.29 is 34.4 Å². The Morgan fingerprint density at radius 1 is 0.946 bits per heavy atom. The molecule has 0 aliphatic carbocycles. The van der Waals surface area contributed by atoms with Crippen LogP contribution in [0.3, 0.4) is 0 Å². The predicted molar refractivity (Wildman–Crippen MR) is 145 cm³/mol. The Morgan fingerprint density at radius 3 is 2.54 bits per heavy atom. The van der Waals surface area contributed by atoms with Gasteiger partial charge in [0, 0.05) is 48.7 Å². The van der Waals surface area contributed by atoms with Crippen LogP contribution in [0.4, 0.5) is 5.69 Å². The fraction of sp³-hybridized carbons (Fsp3) is 0.0645. The van der Waals surface area contributed by atoms with E-state index in [1.807, 2.05) is 36.5 Å². The quantitative estimate of drug-likeness (QED) is 0.116. The van der Waals surface area contributed by atoms with Gasteiger partial charge in [-0.25, -0.2) is 0 Å². The van der Waals surface area contributed by atoms with Gasteiger partial charge in [-0.3, -0.25) is 14.8 Å². The third-order valence-corrected chi connectivity index (χ3v) is 6.17. The van der Waals surface area contributed by atoms with Crippen molar-refractivity contribution in [2.45, 2.75) is 13.8 Å². The molecule has 6 heteroatoms. The smallest absolute Gasteiger partial charge is 0.155 e. The van der Waals surface area contributed by atoms with E-state index in [1.165, 1.54) is 25.3 Å². The van der Waals surface area contributed by atoms with E-state index >= 15 is 0 Å². The summed E-state index contributed by atoms with van der Waals surface area (Å²) in [5.41, 5.74) is 6.40. The van der Waals surface area contributed by atoms with Crippen molar-refractivity contribution in [1.29, 1.82) is 0 Å². The van der Waals surface area contributed by atoms with Crippen LogP contribution in [-0.4, -0.2) is 22.1 Å². The van der Waals surface area contributed by atoms with Gasteiger partial charge in [0.15, 0.2) is 5.78 Å². The number of allylic oxidation sites excluding steroid dienone is 2. The maximum Gasteiger partial charge on any atom is 0.155 e. The third kappa shape index (κ3) is 4.35. The van der Waals surface area contributed by atoms with E-state index in [0.717, 1.165) is 60.7 Å². The monoisotopic (exact) mass is 662 g/mol. The van der Waals surface area contributed by atoms with E-state index in [-0.39, 0.29) is 31.6 Å². The molecule has 37 heavy (non-hydrogen) atoms. The fourth-order valence-electron chi connectivity index (χ4n) is 4.71. The first-order chi connectivity index (χ1) is 17.5. The molecule has 4 aromatic carbocycles. The van der Waals surface area contributed by atoms with Crippen LogP contribution in [0.5, 0.6) is 0 Å². The van der Waals surface area contributed by atoms with Crippen molar-refractivity contribution >= 4 is 61.3 Å². The number of pyridine rings is 1. The zero-order valence-electron chi connectivity index (χ0n) is 20.1. The number of ketones is 1. The number of carbonyl (C=O) groups excluding carboxylic acids is 1. The molecule has 0 unspecified atom stereocenters. The SMILES string of the molecule is CC(=O)/C=C(/C)O.[Ir].[c-]1ccc2c(oc3c4c5c(cccc5cc32)C=N4)c1-c1ccc2ccccc2n1. The van der Waals surface area contributed by atoms with Crippen LogP contribution in [0.15, 0.2) is 94.0 Å². The molecule has 2 aromatic heterocycles. The minimum Gasteiger partial charge on any atom is -0.512 e. The van der Waals surface area contributed by atoms with E-state index < -0.39 is 0 Å². The van der Waals surface area contributed by atoms with Crippen LogP contribution in [0.2, 0.25) is 0 Å². The number of benzene rings is 4. The maximum absolute atomic E-state index is 10.0. The van der Waals surface area contributed by atoms with Gasteiger partial charge in [0.1, 0.15) is 11.3 Å². The average Bonchev–Trinajstić information content (AvgIpc) is 3.46. The Hall–Kier alpha value is -4.12. The second-order valence-corrected chi connectivity index (χ2v) is 8.79. The molecular weight excluding hydrogens is 641 g/mol. The molecule has 0 bridgehead atoms. The van der Waals surface area contributed by atoms with E-state index in [1.54, 1.807) is 0 Å². The van der Waals surface area contributed by atoms with Crippen LogP contribution in [0, 0.1) is 6.07 Å². The Bertz CT molecular complexity index is 1900. The van der Waals surface area contributed by atoms with Crippen molar-refractivity contribution in [2.24, 2.45) is 4.99 Å². The summed E-state index contributed by atoms with van der Waals surface area (Å²) >= 11 is 0. The van der Waals surface area contributed by atoms with Gasteiger partial charge in [0.2, 0.25) is 0 Å². The minimum absolute atomic E-state index is 0. The first-order valence-corrected chi connectivity index (χ1v) is 11.6. The number of rotatable bonds is 2. The molecule has 7 rings (SSSR count). The number of para-hydroxylation sites is 1. The average molecular weight is 662 g/mol. The Kier molecular flexibility index (Phi) is 6.46. The number of fused-ring (bicyclic) bond motifs is 5. The predicted octanol–water partition coefficient (Wildman–Crippen LogP) is 7.85. The molecule has 1 aliphatic rings. The number of nitrogens with zero attached hydrogens (tertiary/aromatic N) is 2. The normalized spacial score (nSPS) is 12.1. The summed E-state index contributed by atoms with van der Waals surface area (Å²) in [6.07, 6.45) is 3.09. The fourth-order valence-corrected chi connectivity index (χ4v) is 4.71. The Labute approximate surface area is 226 Å². The summed E-state index contributed by atoms with van der Waals surface area (Å²) in [7, 11) is 0. The topological polar surface area (TPSA) is 75.7 Å². The number of aliphatic hydroxyl groups excluding tert-OH is 1. The number of aliphatic hydroxyl groups is 1. The number of carbonyl (C=O) groups is 1. The summed E-state index contributed by atoms with van der Waals surface area (Å²) in [6, 6.07) is 28.1. The maximum atomic E-state index is 10.0. The number of aliphatic imine (C=N–C) groups is 1. The van der Waals surface area contributed by atoms with Crippen LogP contribution in [0.25, 0.3) is 54.9 Å². The zero-order valence-corrected chi connectivity index (χ0v) is 22.5. The number of hydrogen-bond donors (Lipinski definition) is 1. The number of hydrogen-bond acceptors (Lipinski definition) is 5. The second kappa shape index (κ2) is 9.74. The molecule has 0 saturated carbocycles. The van der Waals surface area contributed by atoms with Gasteiger partial charge in [0.05, 0.1) is 16.9 Å². The van der Waals surface area contributed by atoms with Crippen LogP contribution >= 0.6 is 0 Å². The van der Waals surface area contributed by atoms with E-state index in [2.05, 4.69) is 53.5 Å². The molecule has 0 fully saturated rings. The molecule has 183 valence electrons. The minimum atomic E-state index is -0.125. The molecule has 5 nitrogen and oxygen atoms in total. The van der Waals surface area contributed by atoms with Gasteiger partial charge in [-0.05, 0) is 42.4 Å². The van der Waals surface area contributed by atoms with Gasteiger partial charge in [0.25, 0.3) is 0 Å². The van der Waals surface area contributed by atoms with Crippen LogP contribution in [-0.2, 0) is 24.9 Å². The molecule has 0 spiro atoms. The van der Waals surface area contributed by atoms with Gasteiger partial charge >= 0.3 is 0 Å². The summed E-state index contributed by atoms with van der Waals surface area (Å²) in [4.78, 5) is 19.5. The summed E-state index contributed by atoms with van der Waals surface area (Å²) in [5.74, 6) is -0.0625. The molecule has 6 aromatic rings. The standard InChI is InChI=1S/C26H13N2O.C5H8O2.Ir/c1-2-10-21-15(5-1)11-12-22(28-21)19-9-4-8-18-20-13-16-6-3-7-17-14-27-24(23(16)17)26(20)29-25(18)19;1-4(6)3-5(2)7;/h1-8,10-14H;3,6H,1-2H3;/q-1;;/b;4-3-;. The van der Waals surface area contributed by atoms with Crippen molar-refractivity contribution in [2.75, 3.05) is 0 Å². The first kappa shape index (κ1) is 24.6. The van der Waals surface area contributed by atoms with Gasteiger partial charge in [-0.1, -0.05) is 59.5 Å². The van der Waals surface area contributed by atoms with Crippen molar-refractivity contribution in [3.05, 3.63) is 96.3 Å². The first-order valence-electron chi connectivity index (χ1n) is 11.6. The summed E-state index contributed by atoms with van der Waals surface area (Å²) < 4.78 is 6.43. The third-order valence-electron chi connectivity index (χ3n) is 6.17. The van der Waals surface area contributed by atoms with E-state index in [4.69, 9.17) is 14.5 Å². The van der Waals surface area contributed by atoms with Gasteiger partial charge in [-0.15, -0.1) is 18.2 Å². The molecule has 1 radical (unpaired) electrons. The van der Waals surface area contributed by atoms with Crippen molar-refractivity contribution in [1.82, 2.24) is 4.98 Å². The zero-order chi connectivity index (χ0) is 24.8. The summed E-state index contributed by atoms with van der Waals surface area (Å²) in [6.45, 7) is 2.85. The van der Waals surface area contributed by atoms with E-state index in [9.17, 15) is 4.79 Å². The molecular formula is C31H21IrN2O3-. The largest absolute Gasteiger partial charge is 0.512 e.